The summed E-state index contributed by atoms with van der Waals surface area (Å²) in [5.74, 6) is 2.93. The number of hydrogen-bond donors (Lipinski definition) is 0. The molecule has 0 atom stereocenters. The summed E-state index contributed by atoms with van der Waals surface area (Å²) in [5, 5.41) is 0. The van der Waals surface area contributed by atoms with Crippen molar-refractivity contribution in [3.8, 4) is 0 Å². The predicted octanol–water partition coefficient (Wildman–Crippen LogP) is 6.82. The molecule has 3 aromatic rings. The van der Waals surface area contributed by atoms with Gasteiger partial charge in [0.05, 0.1) is 0 Å². The van der Waals surface area contributed by atoms with Gasteiger partial charge in [0.2, 0.25) is 0 Å². The fourth-order valence-electron chi connectivity index (χ4n) is 6.03. The van der Waals surface area contributed by atoms with E-state index in [1.807, 2.05) is 0 Å². The van der Waals surface area contributed by atoms with Gasteiger partial charge in [-0.2, -0.15) is 6.32 Å². The van der Waals surface area contributed by atoms with Crippen molar-refractivity contribution in [3.05, 3.63) is 93.5 Å². The second kappa shape index (κ2) is 15.0. The summed E-state index contributed by atoms with van der Waals surface area (Å²) in [6, 6.07) is 21.4. The Morgan fingerprint density at radius 1 is 0.462 bits per heavy atom. The van der Waals surface area contributed by atoms with Gasteiger partial charge in [0.1, 0.15) is 0 Å². The minimum absolute atomic E-state index is 0. The van der Waals surface area contributed by atoms with Crippen molar-refractivity contribution in [2.24, 2.45) is 0 Å². The normalized spacial score (nSPS) is 12.1. The zero-order valence-corrected chi connectivity index (χ0v) is 30.6. The van der Waals surface area contributed by atoms with E-state index in [9.17, 15) is 0 Å². The molecule has 0 N–H and O–H groups in total. The van der Waals surface area contributed by atoms with E-state index in [1.165, 1.54) is 38.9 Å². The van der Waals surface area contributed by atoms with Gasteiger partial charge in [0, 0.05) is 0 Å². The molecule has 0 aromatic heterocycles. The minimum Gasteiger partial charge on any atom is -0.231 e. The third kappa shape index (κ3) is 8.23. The third-order valence-corrected chi connectivity index (χ3v) is 8.33. The van der Waals surface area contributed by atoms with Crippen LogP contribution in [0.2, 0.25) is 0 Å². The first kappa shape index (κ1) is 34.6. The van der Waals surface area contributed by atoms with E-state index in [-0.39, 0.29) is 51.4 Å². The Kier molecular flexibility index (Phi) is 13.3. The van der Waals surface area contributed by atoms with E-state index in [0.29, 0.717) is 42.2 Å². The van der Waals surface area contributed by atoms with Crippen molar-refractivity contribution in [1.82, 2.24) is 0 Å². The first-order valence-electron chi connectivity index (χ1n) is 15.2. The molecule has 0 unspecified atom stereocenters. The zero-order chi connectivity index (χ0) is 28.3. The molecule has 0 aliphatic rings. The molecule has 3 rings (SSSR count). The zero-order valence-electron chi connectivity index (χ0n) is 27.4. The largest absolute Gasteiger partial charge is 1.00 e. The Hall–Kier alpha value is -0.639. The van der Waals surface area contributed by atoms with E-state index in [2.05, 4.69) is 138 Å². The van der Waals surface area contributed by atoms with Crippen molar-refractivity contribution in [2.75, 3.05) is 0 Å². The fourth-order valence-corrected chi connectivity index (χ4v) is 6.03. The van der Waals surface area contributed by atoms with Crippen LogP contribution in [0.5, 0.6) is 0 Å². The Morgan fingerprint density at radius 2 is 0.769 bits per heavy atom. The van der Waals surface area contributed by atoms with Crippen LogP contribution in [0.4, 0.5) is 0 Å². The average Bonchev–Trinajstić information content (AvgIpc) is 2.86. The predicted molar refractivity (Wildman–Crippen MR) is 173 cm³/mol. The van der Waals surface area contributed by atoms with Gasteiger partial charge >= 0.3 is 51.4 Å². The van der Waals surface area contributed by atoms with Crippen LogP contribution < -0.4 is 62.3 Å². The van der Waals surface area contributed by atoms with Gasteiger partial charge in [0.15, 0.2) is 0 Å². The van der Waals surface area contributed by atoms with Crippen LogP contribution in [0.25, 0.3) is 0 Å². The van der Waals surface area contributed by atoms with Gasteiger partial charge < -0.3 is 0 Å². The molecule has 3 aromatic carbocycles. The molecule has 0 nitrogen and oxygen atoms in total. The van der Waals surface area contributed by atoms with Crippen LogP contribution in [0, 0.1) is 0 Å². The molecule has 0 heterocycles. The average molecular weight is 548 g/mol. The van der Waals surface area contributed by atoms with Gasteiger partial charge in [-0.15, -0.1) is 0 Å². The maximum atomic E-state index is 2.54. The molecular weight excluding hydrogens is 494 g/mol. The van der Waals surface area contributed by atoms with E-state index in [1.54, 1.807) is 10.9 Å². The van der Waals surface area contributed by atoms with Crippen molar-refractivity contribution in [2.45, 2.75) is 125 Å². The van der Waals surface area contributed by atoms with Crippen LogP contribution in [0.15, 0.2) is 54.6 Å². The summed E-state index contributed by atoms with van der Waals surface area (Å²) in [7, 11) is 0. The van der Waals surface area contributed by atoms with Crippen molar-refractivity contribution in [1.29, 1.82) is 0 Å². The molecule has 0 saturated heterocycles. The molecule has 39 heavy (non-hydrogen) atoms. The maximum absolute atomic E-state index is 2.54. The fraction of sp³-hybridized carbons (Fsp3) is 0.514. The van der Waals surface area contributed by atoms with Gasteiger partial charge in [-0.05, 0) is 46.6 Å². The maximum Gasteiger partial charge on any atom is 1.00 e. The third-order valence-electron chi connectivity index (χ3n) is 8.33. The molecule has 205 valence electrons. The van der Waals surface area contributed by atoms with Crippen molar-refractivity contribution in [3.63, 3.8) is 0 Å². The molecule has 2 heteroatoms. The van der Waals surface area contributed by atoms with Gasteiger partial charge in [-0.25, -0.2) is 10.9 Å². The monoisotopic (exact) mass is 547 g/mol. The quantitative estimate of drug-likeness (QED) is 0.244. The Bertz CT molecular complexity index is 1070. The van der Waals surface area contributed by atoms with Crippen LogP contribution in [-0.4, -0.2) is 6.71 Å². The summed E-state index contributed by atoms with van der Waals surface area (Å²) in [6.07, 6.45) is 1.03. The first-order chi connectivity index (χ1) is 17.8. The summed E-state index contributed by atoms with van der Waals surface area (Å²) < 4.78 is 0. The van der Waals surface area contributed by atoms with E-state index in [0.717, 1.165) is 6.32 Å². The van der Waals surface area contributed by atoms with Crippen molar-refractivity contribution >= 4 is 17.6 Å². The molecule has 0 saturated carbocycles. The summed E-state index contributed by atoms with van der Waals surface area (Å²) in [4.78, 5) is 0. The van der Waals surface area contributed by atoms with Crippen LogP contribution in [0.3, 0.4) is 0 Å². The SMILES string of the molecule is CC(C)c1cc(C(C)C)c([B-](Cc2ccccc2)c2c(C(C)C)cc(C(C)C)cc2C(C)C)c(C(C)C)c1.[K+]. The summed E-state index contributed by atoms with van der Waals surface area (Å²) in [6.45, 7) is 28.8. The van der Waals surface area contributed by atoms with Gasteiger partial charge in [-0.1, -0.05) is 172 Å². The molecule has 0 fully saturated rings. The Balaban J connectivity index is 0.00000533. The van der Waals surface area contributed by atoms with E-state index < -0.39 is 0 Å². The molecule has 0 aliphatic carbocycles. The minimum atomic E-state index is 0. The molecule has 0 bridgehead atoms. The van der Waals surface area contributed by atoms with Gasteiger partial charge in [0.25, 0.3) is 0 Å². The topological polar surface area (TPSA) is 0 Å². The second-order valence-corrected chi connectivity index (χ2v) is 13.4. The van der Waals surface area contributed by atoms with E-state index >= 15 is 0 Å². The van der Waals surface area contributed by atoms with Crippen LogP contribution in [0.1, 0.15) is 158 Å². The molecule has 0 aliphatic heterocycles. The molecule has 1 radical (unpaired) electrons. The summed E-state index contributed by atoms with van der Waals surface area (Å²) >= 11 is 0. The van der Waals surface area contributed by atoms with Gasteiger partial charge in [-0.3, -0.25) is 0 Å². The first-order valence-corrected chi connectivity index (χ1v) is 15.2. The van der Waals surface area contributed by atoms with Crippen molar-refractivity contribution < 1.29 is 51.4 Å². The summed E-state index contributed by atoms with van der Waals surface area (Å²) in [5.41, 5.74) is 13.7. The number of benzene rings is 3. The number of hydrogen-bond acceptors (Lipinski definition) is 0. The second-order valence-electron chi connectivity index (χ2n) is 13.4. The standard InChI is InChI=1S/C37H53B.K/c1-23(2)30-18-32(25(5)6)36(33(19-30)26(7)8)38(22-29-16-14-13-15-17-29)37-34(27(9)10)20-31(24(3)4)21-35(37)28(11)12;/h13-21,23-28H,22H2,1-12H3;/q-1;+1. The van der Waals surface area contributed by atoms with Crippen LogP contribution in [-0.2, 0) is 6.32 Å². The molecule has 0 spiro atoms. The Labute approximate surface area is 284 Å². The Morgan fingerprint density at radius 3 is 1.03 bits per heavy atom. The number of rotatable bonds is 10. The smallest absolute Gasteiger partial charge is 0.231 e. The molecular formula is C37H53BK. The molecule has 0 amide bonds. The van der Waals surface area contributed by atoms with E-state index in [4.69, 9.17) is 0 Å². The van der Waals surface area contributed by atoms with Crippen LogP contribution >= 0.6 is 0 Å².